The van der Waals surface area contributed by atoms with Gasteiger partial charge in [-0.25, -0.2) is 8.78 Å². The summed E-state index contributed by atoms with van der Waals surface area (Å²) in [6.45, 7) is 0. The van der Waals surface area contributed by atoms with Crippen LogP contribution in [0, 0.1) is 11.6 Å². The first-order valence-electron chi connectivity index (χ1n) is 30.2. The van der Waals surface area contributed by atoms with Crippen LogP contribution in [-0.4, -0.2) is 0 Å². The zero-order valence-corrected chi connectivity index (χ0v) is 47.7. The third-order valence-corrected chi connectivity index (χ3v) is 19.4. The standard InChI is InChI=1S/C84H52F2N2/c85-56-19-15-21-60(49-56)87(62-45-47-72-70-27-5-11-35-78(70)83(80(72)51-62)74-31-7-1-23-66(74)67-24-2-8-32-75(67)83)58-41-37-53(38-42-58)64-29-13-17-55-18-14-30-65(82(55)64)54-39-43-59(44-40-54)88(61-22-16-20-57(86)50-61)63-46-48-73-71-28-6-12-36-79(71)84(81(73)52-63)76-33-9-3-25-68(76)69-26-4-10-34-77(69)84/h1-52H. The van der Waals surface area contributed by atoms with Gasteiger partial charge in [0.2, 0.25) is 0 Å². The van der Waals surface area contributed by atoms with Gasteiger partial charge in [0.05, 0.1) is 10.8 Å². The second kappa shape index (κ2) is 19.2. The summed E-state index contributed by atoms with van der Waals surface area (Å²) >= 11 is 0. The zero-order valence-electron chi connectivity index (χ0n) is 47.7. The van der Waals surface area contributed by atoms with Crippen molar-refractivity contribution < 1.29 is 8.78 Å². The van der Waals surface area contributed by atoms with Crippen LogP contribution in [-0.2, 0) is 10.8 Å². The average Bonchev–Trinajstić information content (AvgIpc) is 1.54. The van der Waals surface area contributed by atoms with Gasteiger partial charge in [-0.05, 0) is 207 Å². The molecule has 0 aliphatic heterocycles. The number of nitrogens with zero attached hydrogens (tertiary/aromatic N) is 2. The van der Waals surface area contributed by atoms with E-state index in [1.807, 2.05) is 12.1 Å². The van der Waals surface area contributed by atoms with Crippen LogP contribution in [0.4, 0.5) is 42.9 Å². The molecular weight excluding hydrogens is 1070 g/mol. The Kier molecular flexibility index (Phi) is 10.9. The second-order valence-corrected chi connectivity index (χ2v) is 23.7. The second-order valence-electron chi connectivity index (χ2n) is 23.7. The number of hydrogen-bond donors (Lipinski definition) is 0. The molecule has 0 amide bonds. The van der Waals surface area contributed by atoms with Gasteiger partial charge in [0.25, 0.3) is 0 Å². The number of halogens is 2. The van der Waals surface area contributed by atoms with Crippen LogP contribution in [0.15, 0.2) is 315 Å². The Morgan fingerprint density at radius 2 is 0.477 bits per heavy atom. The maximum Gasteiger partial charge on any atom is 0.125 e. The predicted molar refractivity (Wildman–Crippen MR) is 357 cm³/mol. The molecule has 4 aliphatic carbocycles. The molecule has 0 fully saturated rings. The van der Waals surface area contributed by atoms with Gasteiger partial charge in [-0.3, -0.25) is 0 Å². The SMILES string of the molecule is Fc1cccc(N(c2ccc(-c3cccc4cccc(-c5ccc(N(c6cccc(F)c6)c6ccc7c(c6)C6(c8ccccc8-c8ccccc86)c6ccccc6-7)cc5)c34)cc2)c2ccc3c(c2)C2(c4ccccc4-c4ccccc42)c2ccccc2-3)c1. The Morgan fingerprint density at radius 3 is 0.807 bits per heavy atom. The molecule has 0 heterocycles. The molecule has 0 radical (unpaired) electrons. The van der Waals surface area contributed by atoms with Gasteiger partial charge in [-0.1, -0.05) is 231 Å². The number of rotatable bonds is 8. The van der Waals surface area contributed by atoms with E-state index in [1.54, 1.807) is 24.3 Å². The normalized spacial score (nSPS) is 13.5. The molecule has 0 saturated heterocycles. The summed E-state index contributed by atoms with van der Waals surface area (Å²) < 4.78 is 31.1. The molecule has 4 aliphatic rings. The van der Waals surface area contributed by atoms with Gasteiger partial charge >= 0.3 is 0 Å². The van der Waals surface area contributed by atoms with Gasteiger partial charge in [0, 0.05) is 34.1 Å². The van der Waals surface area contributed by atoms with E-state index in [0.29, 0.717) is 0 Å². The average molecular weight is 1130 g/mol. The van der Waals surface area contributed by atoms with Crippen molar-refractivity contribution in [2.24, 2.45) is 0 Å². The van der Waals surface area contributed by atoms with Crippen molar-refractivity contribution in [1.29, 1.82) is 0 Å². The van der Waals surface area contributed by atoms with E-state index in [-0.39, 0.29) is 11.6 Å². The van der Waals surface area contributed by atoms with Crippen LogP contribution in [0.3, 0.4) is 0 Å². The summed E-state index contributed by atoms with van der Waals surface area (Å²) in [4.78, 5) is 4.37. The highest BCUT2D eigenvalue weighted by atomic mass is 19.1. The highest BCUT2D eigenvalue weighted by Gasteiger charge is 2.53. The molecule has 14 aromatic carbocycles. The molecule has 14 aromatic rings. The minimum atomic E-state index is -0.532. The van der Waals surface area contributed by atoms with Gasteiger partial charge in [0.1, 0.15) is 11.6 Å². The van der Waals surface area contributed by atoms with E-state index >= 15 is 8.78 Å². The lowest BCUT2D eigenvalue weighted by Gasteiger charge is -2.32. The summed E-state index contributed by atoms with van der Waals surface area (Å²) in [5, 5.41) is 2.26. The van der Waals surface area contributed by atoms with Crippen molar-refractivity contribution in [3.05, 3.63) is 372 Å². The van der Waals surface area contributed by atoms with E-state index in [4.69, 9.17) is 0 Å². The molecule has 2 spiro atoms. The minimum absolute atomic E-state index is 0.300. The highest BCUT2D eigenvalue weighted by Crippen LogP contribution is 2.65. The van der Waals surface area contributed by atoms with Crippen molar-refractivity contribution in [2.45, 2.75) is 10.8 Å². The van der Waals surface area contributed by atoms with E-state index in [9.17, 15) is 0 Å². The van der Waals surface area contributed by atoms with Crippen molar-refractivity contribution >= 4 is 44.9 Å². The number of benzene rings is 14. The highest BCUT2D eigenvalue weighted by molar-refractivity contribution is 6.07. The lowest BCUT2D eigenvalue weighted by molar-refractivity contribution is 0.627. The van der Waals surface area contributed by atoms with E-state index in [0.717, 1.165) is 67.2 Å². The molecule has 0 unspecified atom stereocenters. The van der Waals surface area contributed by atoms with Gasteiger partial charge in [-0.2, -0.15) is 0 Å². The molecule has 2 nitrogen and oxygen atoms in total. The van der Waals surface area contributed by atoms with Crippen LogP contribution < -0.4 is 9.80 Å². The molecule has 0 saturated carbocycles. The molecule has 0 N–H and O–H groups in total. The first-order valence-corrected chi connectivity index (χ1v) is 30.2. The Balaban J connectivity index is 0.734. The van der Waals surface area contributed by atoms with E-state index in [2.05, 4.69) is 277 Å². The molecule has 0 bridgehead atoms. The maximum absolute atomic E-state index is 15.5. The number of fused-ring (bicyclic) bond motifs is 21. The van der Waals surface area contributed by atoms with E-state index < -0.39 is 10.8 Å². The zero-order chi connectivity index (χ0) is 58.2. The summed E-state index contributed by atoms with van der Waals surface area (Å²) in [6, 6.07) is 111. The minimum Gasteiger partial charge on any atom is -0.310 e. The lowest BCUT2D eigenvalue weighted by Crippen LogP contribution is -2.26. The molecule has 88 heavy (non-hydrogen) atoms. The van der Waals surface area contributed by atoms with E-state index in [1.165, 1.54) is 101 Å². The number of anilines is 6. The molecule has 412 valence electrons. The number of hydrogen-bond acceptors (Lipinski definition) is 2. The fraction of sp³-hybridized carbons (Fsp3) is 0.0238. The molecule has 4 heteroatoms. The third kappa shape index (κ3) is 7.03. The van der Waals surface area contributed by atoms with Gasteiger partial charge < -0.3 is 9.80 Å². The Labute approximate surface area is 509 Å². The first kappa shape index (κ1) is 50.2. The quantitative estimate of drug-likeness (QED) is 0.150. The Hall–Kier alpha value is -11.2. The molecule has 18 rings (SSSR count). The largest absolute Gasteiger partial charge is 0.310 e. The molecule has 0 atom stereocenters. The van der Waals surface area contributed by atoms with Crippen LogP contribution in [0.25, 0.3) is 77.5 Å². The third-order valence-electron chi connectivity index (χ3n) is 19.4. The van der Waals surface area contributed by atoms with Crippen LogP contribution in [0.5, 0.6) is 0 Å². The van der Waals surface area contributed by atoms with Crippen LogP contribution in [0.1, 0.15) is 44.5 Å². The van der Waals surface area contributed by atoms with Crippen molar-refractivity contribution in [1.82, 2.24) is 0 Å². The maximum atomic E-state index is 15.5. The fourth-order valence-electron chi connectivity index (χ4n) is 16.0. The summed E-state index contributed by atoms with van der Waals surface area (Å²) in [6.07, 6.45) is 0. The van der Waals surface area contributed by atoms with Crippen LogP contribution in [0.2, 0.25) is 0 Å². The topological polar surface area (TPSA) is 6.48 Å². The van der Waals surface area contributed by atoms with Crippen molar-refractivity contribution in [3.8, 4) is 66.8 Å². The Morgan fingerprint density at radius 1 is 0.205 bits per heavy atom. The molecular formula is C84H52F2N2. The van der Waals surface area contributed by atoms with Gasteiger partial charge in [-0.15, -0.1) is 0 Å². The summed E-state index contributed by atoms with van der Waals surface area (Å²) in [5.74, 6) is -0.601. The summed E-state index contributed by atoms with van der Waals surface area (Å²) in [5.41, 5.74) is 28.3. The summed E-state index contributed by atoms with van der Waals surface area (Å²) in [7, 11) is 0. The predicted octanol–water partition coefficient (Wildman–Crippen LogP) is 22.1. The van der Waals surface area contributed by atoms with Crippen molar-refractivity contribution in [3.63, 3.8) is 0 Å². The monoisotopic (exact) mass is 1130 g/mol. The van der Waals surface area contributed by atoms with Crippen LogP contribution >= 0.6 is 0 Å². The molecule has 0 aromatic heterocycles. The lowest BCUT2D eigenvalue weighted by atomic mass is 9.70. The fourth-order valence-corrected chi connectivity index (χ4v) is 16.0. The smallest absolute Gasteiger partial charge is 0.125 e. The Bertz CT molecular complexity index is 4760. The first-order chi connectivity index (χ1) is 43.5. The van der Waals surface area contributed by atoms with Crippen molar-refractivity contribution in [2.75, 3.05) is 9.80 Å². The van der Waals surface area contributed by atoms with Gasteiger partial charge in [0.15, 0.2) is 0 Å².